The third-order valence-corrected chi connectivity index (χ3v) is 5.76. The van der Waals surface area contributed by atoms with E-state index in [0.717, 1.165) is 39.9 Å². The number of thiocarbonyl (C=S) groups is 1. The molecule has 9 heteroatoms. The second-order valence-corrected chi connectivity index (χ2v) is 7.97. The topological polar surface area (TPSA) is 84.2 Å². The molecule has 2 aromatic heterocycles. The molecule has 0 spiro atoms. The van der Waals surface area contributed by atoms with E-state index in [1.165, 1.54) is 16.9 Å². The highest BCUT2D eigenvalue weighted by Crippen LogP contribution is 2.26. The van der Waals surface area contributed by atoms with Gasteiger partial charge < -0.3 is 5.32 Å². The summed E-state index contributed by atoms with van der Waals surface area (Å²) in [5, 5.41) is 19.7. The van der Waals surface area contributed by atoms with Crippen molar-refractivity contribution in [2.75, 3.05) is 5.32 Å². The number of rotatable bonds is 5. The van der Waals surface area contributed by atoms with Crippen molar-refractivity contribution < 1.29 is 4.79 Å². The summed E-state index contributed by atoms with van der Waals surface area (Å²) in [6.45, 7) is 4.10. The van der Waals surface area contributed by atoms with Crippen LogP contribution in [0, 0.1) is 0 Å². The van der Waals surface area contributed by atoms with Gasteiger partial charge in [-0.3, -0.25) is 10.1 Å². The molecule has 4 rings (SSSR count). The molecular formula is C21H20N6OS2. The maximum atomic E-state index is 12.3. The van der Waals surface area contributed by atoms with E-state index in [1.54, 1.807) is 16.6 Å². The fraction of sp³-hybridized carbons (Fsp3) is 0.190. The Morgan fingerprint density at radius 1 is 1.03 bits per heavy atom. The van der Waals surface area contributed by atoms with E-state index >= 15 is 0 Å². The number of nitrogens with zero attached hydrogens (tertiary/aromatic N) is 4. The van der Waals surface area contributed by atoms with Gasteiger partial charge in [0, 0.05) is 23.2 Å². The molecule has 30 heavy (non-hydrogen) atoms. The van der Waals surface area contributed by atoms with Gasteiger partial charge in [-0.2, -0.15) is 9.61 Å². The molecule has 0 atom stereocenters. The van der Waals surface area contributed by atoms with E-state index in [0.29, 0.717) is 5.56 Å². The molecule has 0 fully saturated rings. The highest BCUT2D eigenvalue weighted by molar-refractivity contribution is 7.80. The van der Waals surface area contributed by atoms with Crippen LogP contribution in [-0.4, -0.2) is 30.8 Å². The smallest absolute Gasteiger partial charge is 0.257 e. The lowest BCUT2D eigenvalue weighted by Crippen LogP contribution is -2.34. The second kappa shape index (κ2) is 8.68. The number of fused-ring (bicyclic) bond motifs is 1. The number of hydrogen-bond donors (Lipinski definition) is 2. The lowest BCUT2D eigenvalue weighted by molar-refractivity contribution is 0.0977. The number of hydrogen-bond acceptors (Lipinski definition) is 6. The number of benzene rings is 2. The van der Waals surface area contributed by atoms with Gasteiger partial charge in [0.25, 0.3) is 5.91 Å². The Morgan fingerprint density at radius 2 is 1.77 bits per heavy atom. The number of amides is 1. The molecule has 7 nitrogen and oxygen atoms in total. The lowest BCUT2D eigenvalue weighted by Gasteiger charge is -2.10. The van der Waals surface area contributed by atoms with Gasteiger partial charge in [-0.1, -0.05) is 37.3 Å². The average molecular weight is 437 g/mol. The van der Waals surface area contributed by atoms with Crippen molar-refractivity contribution in [3.8, 4) is 10.6 Å². The van der Waals surface area contributed by atoms with E-state index in [9.17, 15) is 4.79 Å². The maximum absolute atomic E-state index is 12.3. The predicted octanol–water partition coefficient (Wildman–Crippen LogP) is 4.10. The Morgan fingerprint density at radius 3 is 2.43 bits per heavy atom. The molecule has 1 amide bonds. The van der Waals surface area contributed by atoms with Crippen molar-refractivity contribution in [1.82, 2.24) is 25.1 Å². The molecule has 0 saturated carbocycles. The molecule has 4 aromatic rings. The third kappa shape index (κ3) is 4.22. The van der Waals surface area contributed by atoms with Crippen molar-refractivity contribution in [1.29, 1.82) is 0 Å². The Kier molecular flexibility index (Phi) is 5.82. The Hall–Kier alpha value is -3.17. The molecular weight excluding hydrogens is 416 g/mol. The van der Waals surface area contributed by atoms with E-state index in [1.807, 2.05) is 43.3 Å². The predicted molar refractivity (Wildman–Crippen MR) is 123 cm³/mol. The first-order valence-corrected chi connectivity index (χ1v) is 10.8. The lowest BCUT2D eigenvalue weighted by atomic mass is 10.1. The van der Waals surface area contributed by atoms with Crippen LogP contribution >= 0.6 is 23.6 Å². The molecule has 0 radical (unpaired) electrons. The van der Waals surface area contributed by atoms with Crippen LogP contribution < -0.4 is 10.6 Å². The van der Waals surface area contributed by atoms with Gasteiger partial charge in [-0.15, -0.1) is 10.2 Å². The average Bonchev–Trinajstić information content (AvgIpc) is 3.35. The zero-order chi connectivity index (χ0) is 21.1. The molecule has 0 aliphatic heterocycles. The number of nitrogens with one attached hydrogen (secondary N) is 2. The van der Waals surface area contributed by atoms with Gasteiger partial charge in [0.1, 0.15) is 5.01 Å². The van der Waals surface area contributed by atoms with Crippen LogP contribution in [0.3, 0.4) is 0 Å². The van der Waals surface area contributed by atoms with Crippen LogP contribution in [-0.2, 0) is 12.8 Å². The SMILES string of the molecule is CCc1ccc(C(=O)NC(=S)Nc2ccc(-c3nn4c(CC)nnc4s3)cc2)cc1. The number of aryl methyl sites for hydroxylation is 2. The second-order valence-electron chi connectivity index (χ2n) is 6.61. The van der Waals surface area contributed by atoms with E-state index < -0.39 is 0 Å². The first-order valence-electron chi connectivity index (χ1n) is 9.60. The highest BCUT2D eigenvalue weighted by Gasteiger charge is 2.12. The summed E-state index contributed by atoms with van der Waals surface area (Å²) in [4.78, 5) is 13.1. The minimum Gasteiger partial charge on any atom is -0.332 e. The first-order chi connectivity index (χ1) is 14.6. The summed E-state index contributed by atoms with van der Waals surface area (Å²) in [7, 11) is 0. The molecule has 0 unspecified atom stereocenters. The van der Waals surface area contributed by atoms with Crippen LogP contribution in [0.15, 0.2) is 48.5 Å². The monoisotopic (exact) mass is 436 g/mol. The first kappa shape index (κ1) is 20.1. The van der Waals surface area contributed by atoms with Crippen LogP contribution in [0.4, 0.5) is 5.69 Å². The third-order valence-electron chi connectivity index (χ3n) is 4.61. The van der Waals surface area contributed by atoms with Gasteiger partial charge in [0.2, 0.25) is 4.96 Å². The molecule has 0 aliphatic carbocycles. The van der Waals surface area contributed by atoms with E-state index in [4.69, 9.17) is 12.2 Å². The number of carbonyl (C=O) groups excluding carboxylic acids is 1. The quantitative estimate of drug-likeness (QED) is 0.458. The van der Waals surface area contributed by atoms with Crippen LogP contribution in [0.5, 0.6) is 0 Å². The van der Waals surface area contributed by atoms with Crippen LogP contribution in [0.2, 0.25) is 0 Å². The van der Waals surface area contributed by atoms with Crippen molar-refractivity contribution in [2.24, 2.45) is 0 Å². The number of aromatic nitrogens is 4. The number of anilines is 1. The molecule has 2 aromatic carbocycles. The maximum Gasteiger partial charge on any atom is 0.257 e. The summed E-state index contributed by atoms with van der Waals surface area (Å²) >= 11 is 6.76. The highest BCUT2D eigenvalue weighted by atomic mass is 32.1. The van der Waals surface area contributed by atoms with Crippen molar-refractivity contribution in [2.45, 2.75) is 26.7 Å². The summed E-state index contributed by atoms with van der Waals surface area (Å²) in [5.41, 5.74) is 3.51. The zero-order valence-electron chi connectivity index (χ0n) is 16.5. The van der Waals surface area contributed by atoms with Crippen molar-refractivity contribution in [3.05, 3.63) is 65.5 Å². The zero-order valence-corrected chi connectivity index (χ0v) is 18.2. The Balaban J connectivity index is 1.40. The van der Waals surface area contributed by atoms with Crippen molar-refractivity contribution >= 4 is 45.2 Å². The van der Waals surface area contributed by atoms with Crippen LogP contribution in [0.25, 0.3) is 15.5 Å². The molecule has 2 heterocycles. The van der Waals surface area contributed by atoms with Gasteiger partial charge in [0.15, 0.2) is 10.9 Å². The summed E-state index contributed by atoms with van der Waals surface area (Å²) < 4.78 is 1.78. The molecule has 2 N–H and O–H groups in total. The summed E-state index contributed by atoms with van der Waals surface area (Å²) in [6, 6.07) is 15.2. The normalized spacial score (nSPS) is 10.9. The molecule has 152 valence electrons. The molecule has 0 bridgehead atoms. The molecule has 0 aliphatic rings. The summed E-state index contributed by atoms with van der Waals surface area (Å²) in [5.74, 6) is 0.606. The Labute approximate surface area is 183 Å². The van der Waals surface area contributed by atoms with E-state index in [-0.39, 0.29) is 11.0 Å². The van der Waals surface area contributed by atoms with Gasteiger partial charge >= 0.3 is 0 Å². The minimum atomic E-state index is -0.238. The standard InChI is InChI=1S/C21H20N6OS2/c1-3-13-5-7-14(8-6-13)18(28)23-20(29)22-16-11-9-15(10-12-16)19-26-27-17(4-2)24-25-21(27)30-19/h5-12H,3-4H2,1-2H3,(H2,22,23,28,29). The number of carbonyl (C=O) groups is 1. The fourth-order valence-corrected chi connectivity index (χ4v) is 3.99. The molecule has 0 saturated heterocycles. The van der Waals surface area contributed by atoms with Gasteiger partial charge in [-0.05, 0) is 60.6 Å². The van der Waals surface area contributed by atoms with Crippen molar-refractivity contribution in [3.63, 3.8) is 0 Å². The largest absolute Gasteiger partial charge is 0.332 e. The van der Waals surface area contributed by atoms with E-state index in [2.05, 4.69) is 32.9 Å². The van der Waals surface area contributed by atoms with Gasteiger partial charge in [0.05, 0.1) is 0 Å². The minimum absolute atomic E-state index is 0.238. The van der Waals surface area contributed by atoms with Gasteiger partial charge in [-0.25, -0.2) is 0 Å². The summed E-state index contributed by atoms with van der Waals surface area (Å²) in [6.07, 6.45) is 1.71. The van der Waals surface area contributed by atoms with Crippen LogP contribution in [0.1, 0.15) is 35.6 Å². The fourth-order valence-electron chi connectivity index (χ4n) is 2.92. The Bertz CT molecular complexity index is 1190.